The molecule has 0 radical (unpaired) electrons. The minimum Gasteiger partial charge on any atom is -0.351 e. The zero-order valence-corrected chi connectivity index (χ0v) is 16.1. The molecule has 1 N–H and O–H groups in total. The Morgan fingerprint density at radius 1 is 1.00 bits per heavy atom. The van der Waals surface area contributed by atoms with E-state index in [1.165, 1.54) is 17.8 Å². The molecule has 0 unspecified atom stereocenters. The fourth-order valence-corrected chi connectivity index (χ4v) is 3.65. The zero-order chi connectivity index (χ0) is 20.0. The van der Waals surface area contributed by atoms with Gasteiger partial charge < -0.3 is 9.88 Å². The second kappa shape index (κ2) is 6.60. The lowest BCUT2D eigenvalue weighted by molar-refractivity contribution is -0.114. The number of aryl methyl sites for hydroxylation is 1. The lowest BCUT2D eigenvalue weighted by atomic mass is 10.1. The molecule has 6 heteroatoms. The molecular formula is C23H19N5O. The van der Waals surface area contributed by atoms with Gasteiger partial charge in [-0.25, -0.2) is 4.98 Å². The van der Waals surface area contributed by atoms with Gasteiger partial charge >= 0.3 is 0 Å². The van der Waals surface area contributed by atoms with E-state index >= 15 is 0 Å². The van der Waals surface area contributed by atoms with Crippen LogP contribution < -0.4 is 5.32 Å². The molecule has 29 heavy (non-hydrogen) atoms. The summed E-state index contributed by atoms with van der Waals surface area (Å²) in [5.74, 6) is -0.0984. The summed E-state index contributed by atoms with van der Waals surface area (Å²) in [4.78, 5) is 20.4. The van der Waals surface area contributed by atoms with Crippen LogP contribution in [0.4, 0.5) is 5.69 Å². The Labute approximate surface area is 167 Å². The van der Waals surface area contributed by atoms with Crippen LogP contribution in [0.15, 0.2) is 73.3 Å². The number of amides is 1. The number of nitrogens with one attached hydrogen (secondary N) is 1. The summed E-state index contributed by atoms with van der Waals surface area (Å²) in [5, 5.41) is 4.01. The van der Waals surface area contributed by atoms with Gasteiger partial charge in [0.25, 0.3) is 0 Å². The number of imidazole rings is 1. The normalized spacial score (nSPS) is 11.2. The summed E-state index contributed by atoms with van der Waals surface area (Å²) >= 11 is 0. The van der Waals surface area contributed by atoms with Gasteiger partial charge in [0.2, 0.25) is 5.91 Å². The number of hydrogen-bond acceptors (Lipinski definition) is 3. The van der Waals surface area contributed by atoms with Crippen molar-refractivity contribution in [3.63, 3.8) is 0 Å². The summed E-state index contributed by atoms with van der Waals surface area (Å²) in [5.41, 5.74) is 6.57. The van der Waals surface area contributed by atoms with Crippen LogP contribution in [0.25, 0.3) is 39.1 Å². The van der Waals surface area contributed by atoms with E-state index in [0.29, 0.717) is 0 Å². The second-order valence-corrected chi connectivity index (χ2v) is 7.11. The van der Waals surface area contributed by atoms with Crippen LogP contribution in [0, 0.1) is 0 Å². The molecule has 0 spiro atoms. The SMILES string of the molecule is CC(=O)Nc1cccc(-c2cn3c(-c4ccc5c(ccn5C)c4)cnc3cn2)c1. The Hall–Kier alpha value is -3.93. The third-order valence-electron chi connectivity index (χ3n) is 5.06. The number of benzene rings is 2. The number of fused-ring (bicyclic) bond motifs is 2. The lowest BCUT2D eigenvalue weighted by Crippen LogP contribution is -2.05. The number of anilines is 1. The smallest absolute Gasteiger partial charge is 0.221 e. The van der Waals surface area contributed by atoms with Crippen molar-refractivity contribution in [2.75, 3.05) is 5.32 Å². The van der Waals surface area contributed by atoms with E-state index in [4.69, 9.17) is 0 Å². The van der Waals surface area contributed by atoms with Crippen molar-refractivity contribution in [2.45, 2.75) is 6.92 Å². The molecule has 3 aromatic heterocycles. The highest BCUT2D eigenvalue weighted by Gasteiger charge is 2.10. The molecule has 5 rings (SSSR count). The molecule has 0 fully saturated rings. The Morgan fingerprint density at radius 3 is 2.76 bits per heavy atom. The average molecular weight is 381 g/mol. The molecule has 3 heterocycles. The van der Waals surface area contributed by atoms with Gasteiger partial charge in [-0.2, -0.15) is 0 Å². The molecule has 0 bridgehead atoms. The maximum absolute atomic E-state index is 11.4. The van der Waals surface area contributed by atoms with Crippen LogP contribution in [-0.2, 0) is 11.8 Å². The molecule has 0 aliphatic rings. The molecule has 1 amide bonds. The van der Waals surface area contributed by atoms with E-state index in [-0.39, 0.29) is 5.91 Å². The molecule has 0 saturated carbocycles. The van der Waals surface area contributed by atoms with Crippen molar-refractivity contribution in [3.8, 4) is 22.5 Å². The van der Waals surface area contributed by atoms with E-state index < -0.39 is 0 Å². The number of carbonyl (C=O) groups is 1. The largest absolute Gasteiger partial charge is 0.351 e. The first-order valence-electron chi connectivity index (χ1n) is 9.35. The summed E-state index contributed by atoms with van der Waals surface area (Å²) < 4.78 is 4.16. The van der Waals surface area contributed by atoms with Crippen LogP contribution >= 0.6 is 0 Å². The fraction of sp³-hybridized carbons (Fsp3) is 0.0870. The lowest BCUT2D eigenvalue weighted by Gasteiger charge is -2.08. The summed E-state index contributed by atoms with van der Waals surface area (Å²) in [7, 11) is 2.04. The molecule has 0 aliphatic heterocycles. The number of carbonyl (C=O) groups excluding carboxylic acids is 1. The predicted molar refractivity (Wildman–Crippen MR) is 115 cm³/mol. The van der Waals surface area contributed by atoms with E-state index in [0.717, 1.165) is 33.8 Å². The van der Waals surface area contributed by atoms with Gasteiger partial charge in [0.15, 0.2) is 5.65 Å². The molecule has 142 valence electrons. The average Bonchev–Trinajstić information content (AvgIpc) is 3.30. The Morgan fingerprint density at radius 2 is 1.90 bits per heavy atom. The van der Waals surface area contributed by atoms with Gasteiger partial charge in [-0.3, -0.25) is 14.2 Å². The van der Waals surface area contributed by atoms with Crippen molar-refractivity contribution in [1.29, 1.82) is 0 Å². The summed E-state index contributed by atoms with van der Waals surface area (Å²) in [6, 6.07) is 16.2. The maximum atomic E-state index is 11.4. The Kier molecular flexibility index (Phi) is 3.91. The molecule has 0 aliphatic carbocycles. The van der Waals surface area contributed by atoms with Gasteiger partial charge in [0.05, 0.1) is 23.8 Å². The van der Waals surface area contributed by atoms with Crippen LogP contribution in [0.1, 0.15) is 6.92 Å². The van der Waals surface area contributed by atoms with Gasteiger partial charge in [-0.05, 0) is 30.3 Å². The molecule has 2 aromatic carbocycles. The third-order valence-corrected chi connectivity index (χ3v) is 5.06. The number of nitrogens with zero attached hydrogens (tertiary/aromatic N) is 4. The van der Waals surface area contributed by atoms with E-state index in [1.807, 2.05) is 43.7 Å². The van der Waals surface area contributed by atoms with E-state index in [9.17, 15) is 4.79 Å². The third kappa shape index (κ3) is 3.04. The minimum atomic E-state index is -0.0984. The summed E-state index contributed by atoms with van der Waals surface area (Å²) in [6.07, 6.45) is 7.69. The van der Waals surface area contributed by atoms with Crippen molar-refractivity contribution in [3.05, 3.63) is 73.3 Å². The molecular weight excluding hydrogens is 362 g/mol. The van der Waals surface area contributed by atoms with Crippen LogP contribution in [0.2, 0.25) is 0 Å². The highest BCUT2D eigenvalue weighted by molar-refractivity contribution is 5.89. The fourth-order valence-electron chi connectivity index (χ4n) is 3.65. The first-order chi connectivity index (χ1) is 14.1. The van der Waals surface area contributed by atoms with Crippen molar-refractivity contribution in [2.24, 2.45) is 7.05 Å². The standard InChI is InChI=1S/C23H19N5O/c1-15(29)26-19-5-3-4-16(11-19)20-14-28-22(12-25-23(28)13-24-20)17-6-7-21-18(10-17)8-9-27(21)2/h3-14H,1-2H3,(H,26,29). The van der Waals surface area contributed by atoms with E-state index in [1.54, 1.807) is 6.20 Å². The number of rotatable bonds is 3. The minimum absolute atomic E-state index is 0.0984. The number of aromatic nitrogens is 4. The van der Waals surface area contributed by atoms with Crippen molar-refractivity contribution < 1.29 is 4.79 Å². The molecule has 5 aromatic rings. The first kappa shape index (κ1) is 17.2. The quantitative estimate of drug-likeness (QED) is 0.500. The van der Waals surface area contributed by atoms with Gasteiger partial charge in [-0.15, -0.1) is 0 Å². The zero-order valence-electron chi connectivity index (χ0n) is 16.1. The molecule has 0 saturated heterocycles. The number of hydrogen-bond donors (Lipinski definition) is 1. The molecule has 0 atom stereocenters. The van der Waals surface area contributed by atoms with Crippen molar-refractivity contribution >= 4 is 28.1 Å². The maximum Gasteiger partial charge on any atom is 0.221 e. The summed E-state index contributed by atoms with van der Waals surface area (Å²) in [6.45, 7) is 1.50. The van der Waals surface area contributed by atoms with E-state index in [2.05, 4.69) is 54.7 Å². The monoisotopic (exact) mass is 381 g/mol. The first-order valence-corrected chi connectivity index (χ1v) is 9.35. The second-order valence-electron chi connectivity index (χ2n) is 7.11. The molecule has 6 nitrogen and oxygen atoms in total. The predicted octanol–water partition coefficient (Wildman–Crippen LogP) is 4.51. The van der Waals surface area contributed by atoms with Gasteiger partial charge in [0, 0.05) is 54.1 Å². The highest BCUT2D eigenvalue weighted by atomic mass is 16.1. The van der Waals surface area contributed by atoms with Crippen molar-refractivity contribution in [1.82, 2.24) is 18.9 Å². The highest BCUT2D eigenvalue weighted by Crippen LogP contribution is 2.27. The van der Waals surface area contributed by atoms with Crippen LogP contribution in [0.5, 0.6) is 0 Å². The Balaban J connectivity index is 1.61. The van der Waals surface area contributed by atoms with Crippen LogP contribution in [0.3, 0.4) is 0 Å². The van der Waals surface area contributed by atoms with Crippen LogP contribution in [-0.4, -0.2) is 24.8 Å². The Bertz CT molecular complexity index is 1380. The van der Waals surface area contributed by atoms with Gasteiger partial charge in [-0.1, -0.05) is 18.2 Å². The van der Waals surface area contributed by atoms with Gasteiger partial charge in [0.1, 0.15) is 0 Å². The topological polar surface area (TPSA) is 64.2 Å².